The maximum Gasteiger partial charge on any atom is 0.299 e. The van der Waals surface area contributed by atoms with Gasteiger partial charge >= 0.3 is 0 Å². The highest BCUT2D eigenvalue weighted by atomic mass is 32.3. The van der Waals surface area contributed by atoms with E-state index in [-0.39, 0.29) is 6.04 Å². The second-order valence-electron chi connectivity index (χ2n) is 4.97. The van der Waals surface area contributed by atoms with Crippen LogP contribution in [0.5, 0.6) is 0 Å². The molecule has 0 spiro atoms. The Morgan fingerprint density at radius 2 is 2.25 bits per heavy atom. The summed E-state index contributed by atoms with van der Waals surface area (Å²) in [4.78, 5) is 10.5. The molecule has 0 aromatic carbocycles. The third-order valence-electron chi connectivity index (χ3n) is 3.30. The Hall–Kier alpha value is -1.51. The quantitative estimate of drug-likeness (QED) is 0.848. The number of anilines is 1. The summed E-state index contributed by atoms with van der Waals surface area (Å²) in [7, 11) is -3.14. The summed E-state index contributed by atoms with van der Waals surface area (Å²) in [6.07, 6.45) is 4.33. The minimum absolute atomic E-state index is 0.0104. The van der Waals surface area contributed by atoms with Crippen molar-refractivity contribution in [2.24, 2.45) is 0 Å². The smallest absolute Gasteiger partial charge is 0.299 e. The lowest BCUT2D eigenvalue weighted by Crippen LogP contribution is -2.46. The minimum atomic E-state index is -3.14. The maximum atomic E-state index is 11.2. The number of hydrogen-bond donors (Lipinski definition) is 1. The number of pyridine rings is 1. The first-order valence-corrected chi connectivity index (χ1v) is 8.34. The summed E-state index contributed by atoms with van der Waals surface area (Å²) in [5.74, 6) is 0. The van der Waals surface area contributed by atoms with Gasteiger partial charge in [0.15, 0.2) is 5.58 Å². The van der Waals surface area contributed by atoms with Crippen molar-refractivity contribution in [3.8, 4) is 0 Å². The van der Waals surface area contributed by atoms with Crippen molar-refractivity contribution in [3.05, 3.63) is 18.3 Å². The van der Waals surface area contributed by atoms with E-state index in [9.17, 15) is 8.76 Å². The van der Waals surface area contributed by atoms with Crippen molar-refractivity contribution in [1.82, 2.24) is 14.7 Å². The molecule has 7 nitrogen and oxygen atoms in total. The van der Waals surface area contributed by atoms with E-state index in [1.165, 1.54) is 6.26 Å². The summed E-state index contributed by atoms with van der Waals surface area (Å²) in [5, 5.41) is 0. The van der Waals surface area contributed by atoms with E-state index in [4.69, 9.17) is 4.42 Å². The summed E-state index contributed by atoms with van der Waals surface area (Å²) in [6, 6.07) is 4.18. The molecule has 3 rings (SSSR count). The topological polar surface area (TPSA) is 94.3 Å². The molecule has 1 fully saturated rings. The van der Waals surface area contributed by atoms with Crippen LogP contribution >= 0.6 is 0 Å². The lowest BCUT2D eigenvalue weighted by Gasteiger charge is -2.31. The Morgan fingerprint density at radius 3 is 2.90 bits per heavy atom. The van der Waals surface area contributed by atoms with E-state index >= 15 is 0 Å². The molecule has 0 aliphatic carbocycles. The van der Waals surface area contributed by atoms with Crippen LogP contribution in [0.1, 0.15) is 12.8 Å². The van der Waals surface area contributed by atoms with Crippen molar-refractivity contribution in [3.63, 3.8) is 0 Å². The number of nitrogens with zero attached hydrogens (tertiary/aromatic N) is 3. The third kappa shape index (κ3) is 2.97. The van der Waals surface area contributed by atoms with Gasteiger partial charge in [-0.15, -0.1) is 4.72 Å². The van der Waals surface area contributed by atoms with Crippen molar-refractivity contribution < 1.29 is 13.2 Å². The van der Waals surface area contributed by atoms with Gasteiger partial charge in [0, 0.05) is 19.3 Å². The monoisotopic (exact) mass is 296 g/mol. The molecule has 20 heavy (non-hydrogen) atoms. The van der Waals surface area contributed by atoms with Crippen LogP contribution < -0.4 is 9.62 Å². The number of sulfonamides is 1. The molecular formula is C12H16N4O3S. The number of piperidine rings is 1. The van der Waals surface area contributed by atoms with E-state index in [1.54, 1.807) is 12.3 Å². The Labute approximate surface area is 117 Å². The van der Waals surface area contributed by atoms with Crippen LogP contribution in [0.2, 0.25) is 0 Å². The molecule has 2 aromatic heterocycles. The van der Waals surface area contributed by atoms with Crippen molar-refractivity contribution in [2.45, 2.75) is 18.9 Å². The van der Waals surface area contributed by atoms with Crippen LogP contribution in [0.4, 0.5) is 6.01 Å². The van der Waals surface area contributed by atoms with E-state index < -0.39 is 10.4 Å². The number of hydrogen-bond acceptors (Lipinski definition) is 6. The average molecular weight is 296 g/mol. The predicted molar refractivity (Wildman–Crippen MR) is 74.9 cm³/mol. The molecule has 0 amide bonds. The Morgan fingerprint density at radius 1 is 1.50 bits per heavy atom. The van der Waals surface area contributed by atoms with Gasteiger partial charge in [0.05, 0.1) is 6.04 Å². The van der Waals surface area contributed by atoms with E-state index in [2.05, 4.69) is 14.7 Å². The highest BCUT2D eigenvalue weighted by Crippen LogP contribution is 2.23. The summed E-state index contributed by atoms with van der Waals surface area (Å²) in [6.45, 7) is 1.42. The molecule has 1 unspecified atom stereocenters. The van der Waals surface area contributed by atoms with Gasteiger partial charge in [-0.3, -0.25) is 0 Å². The lowest BCUT2D eigenvalue weighted by molar-refractivity contribution is 0.413. The van der Waals surface area contributed by atoms with E-state index in [1.807, 2.05) is 11.0 Å². The Balaban J connectivity index is 1.67. The van der Waals surface area contributed by atoms with Crippen LogP contribution in [-0.2, 0) is 14.6 Å². The van der Waals surface area contributed by atoms with Gasteiger partial charge in [-0.1, -0.05) is 4.21 Å². The van der Waals surface area contributed by atoms with Crippen LogP contribution in [-0.4, -0.2) is 39.9 Å². The van der Waals surface area contributed by atoms with E-state index in [0.717, 1.165) is 12.8 Å². The average Bonchev–Trinajstić information content (AvgIpc) is 2.81. The van der Waals surface area contributed by atoms with Gasteiger partial charge in [0.2, 0.25) is 5.65 Å². The zero-order chi connectivity index (χ0) is 14.2. The zero-order valence-corrected chi connectivity index (χ0v) is 11.9. The van der Waals surface area contributed by atoms with Crippen molar-refractivity contribution in [1.29, 1.82) is 0 Å². The van der Waals surface area contributed by atoms with Gasteiger partial charge < -0.3 is 13.9 Å². The fourth-order valence-corrected chi connectivity index (χ4v) is 3.23. The van der Waals surface area contributed by atoms with Crippen LogP contribution in [0.15, 0.2) is 22.7 Å². The molecule has 0 saturated carbocycles. The van der Waals surface area contributed by atoms with Crippen LogP contribution in [0, 0.1) is 0 Å². The number of fused-ring (bicyclic) bond motifs is 1. The molecular weight excluding hydrogens is 280 g/mol. The lowest BCUT2D eigenvalue weighted by atomic mass is 10.1. The highest BCUT2D eigenvalue weighted by molar-refractivity contribution is 7.95. The SMILES string of the molecule is C[S+](=O)([O-])NC1CCN(c2nc3ncccc3o2)CC1. The molecule has 108 valence electrons. The summed E-state index contributed by atoms with van der Waals surface area (Å²) in [5.41, 5.74) is 1.26. The molecule has 1 atom stereocenters. The third-order valence-corrected chi connectivity index (χ3v) is 4.06. The normalized spacial score (nSPS) is 20.2. The second-order valence-corrected chi connectivity index (χ2v) is 6.75. The fourth-order valence-electron chi connectivity index (χ4n) is 2.38. The minimum Gasteiger partial charge on any atom is -0.598 e. The molecule has 1 aliphatic rings. The van der Waals surface area contributed by atoms with Gasteiger partial charge in [-0.05, 0) is 25.0 Å². The summed E-state index contributed by atoms with van der Waals surface area (Å²) >= 11 is 0. The van der Waals surface area contributed by atoms with Crippen LogP contribution in [0.25, 0.3) is 11.2 Å². The standard InChI is InChI=1S/C12H16N4O3S/c1-20(17,18)15-9-4-7-16(8-5-9)12-14-11-10(19-12)3-2-6-13-11/h2-3,6,9H,4-5,7-8H2,1H3,(H-,15,17,18). The van der Waals surface area contributed by atoms with Crippen LogP contribution in [0.3, 0.4) is 0 Å². The first kappa shape index (κ1) is 13.5. The first-order chi connectivity index (χ1) is 9.51. The molecule has 2 aromatic rings. The zero-order valence-electron chi connectivity index (χ0n) is 11.1. The fraction of sp³-hybridized carbons (Fsp3) is 0.500. The molecule has 0 radical (unpaired) electrons. The molecule has 3 heterocycles. The van der Waals surface area contributed by atoms with Gasteiger partial charge in [-0.25, -0.2) is 4.98 Å². The first-order valence-electron chi connectivity index (χ1n) is 6.45. The number of oxazole rings is 1. The maximum absolute atomic E-state index is 11.2. The summed E-state index contributed by atoms with van der Waals surface area (Å²) < 4.78 is 30.7. The number of aromatic nitrogens is 2. The molecule has 8 heteroatoms. The van der Waals surface area contributed by atoms with Gasteiger partial charge in [0.1, 0.15) is 16.7 Å². The van der Waals surface area contributed by atoms with Crippen molar-refractivity contribution in [2.75, 3.05) is 24.2 Å². The predicted octanol–water partition coefficient (Wildman–Crippen LogP) is 0.956. The van der Waals surface area contributed by atoms with Crippen molar-refractivity contribution >= 4 is 27.6 Å². The number of nitrogens with one attached hydrogen (secondary N) is 1. The highest BCUT2D eigenvalue weighted by Gasteiger charge is 2.26. The molecule has 1 N–H and O–H groups in total. The second kappa shape index (κ2) is 5.12. The molecule has 1 saturated heterocycles. The van der Waals surface area contributed by atoms with Gasteiger partial charge in [0.25, 0.3) is 6.01 Å². The molecule has 1 aliphatic heterocycles. The van der Waals surface area contributed by atoms with Gasteiger partial charge in [-0.2, -0.15) is 4.98 Å². The van der Waals surface area contributed by atoms with E-state index in [0.29, 0.717) is 30.3 Å². The largest absolute Gasteiger partial charge is 0.598 e. The Bertz CT molecular complexity index is 612. The Kier molecular flexibility index (Phi) is 3.45. The number of rotatable bonds is 3. The molecule has 0 bridgehead atoms.